The molecule has 0 aromatic heterocycles. The van der Waals surface area contributed by atoms with Gasteiger partial charge in [-0.2, -0.15) is 0 Å². The number of rotatable bonds is 2. The summed E-state index contributed by atoms with van der Waals surface area (Å²) in [6, 6.07) is 8.66. The van der Waals surface area contributed by atoms with Crippen LogP contribution in [0, 0.1) is 5.92 Å². The first-order valence-electron chi connectivity index (χ1n) is 5.99. The molecule has 1 saturated carbocycles. The van der Waals surface area contributed by atoms with Gasteiger partial charge < -0.3 is 4.43 Å². The summed E-state index contributed by atoms with van der Waals surface area (Å²) in [5.41, 5.74) is 2.79. The van der Waals surface area contributed by atoms with Crippen LogP contribution in [0.15, 0.2) is 30.3 Å². The summed E-state index contributed by atoms with van der Waals surface area (Å²) in [7, 11) is -1.48. The molecule has 0 N–H and O–H groups in total. The van der Waals surface area contributed by atoms with Gasteiger partial charge in [-0.3, -0.25) is 0 Å². The Morgan fingerprint density at radius 1 is 1.25 bits per heavy atom. The predicted octanol–water partition coefficient (Wildman–Crippen LogP) is 3.78. The highest BCUT2D eigenvalue weighted by atomic mass is 28.4. The van der Waals surface area contributed by atoms with E-state index in [1.807, 2.05) is 0 Å². The number of hydrogen-bond donors (Lipinski definition) is 0. The number of hydrogen-bond acceptors (Lipinski definition) is 1. The fourth-order valence-corrected chi connectivity index (χ4v) is 4.20. The van der Waals surface area contributed by atoms with Crippen molar-refractivity contribution >= 4 is 14.4 Å². The van der Waals surface area contributed by atoms with Crippen molar-refractivity contribution in [1.29, 1.82) is 0 Å². The van der Waals surface area contributed by atoms with Gasteiger partial charge in [0.15, 0.2) is 8.32 Å². The van der Waals surface area contributed by atoms with Crippen molar-refractivity contribution in [2.24, 2.45) is 5.92 Å². The maximum Gasteiger partial charge on any atom is 0.185 e. The Bertz CT molecular complexity index is 458. The van der Waals surface area contributed by atoms with Gasteiger partial charge in [0, 0.05) is 5.92 Å². The lowest BCUT2D eigenvalue weighted by Crippen LogP contribution is -2.34. The normalized spacial score (nSPS) is 30.8. The zero-order valence-electron chi connectivity index (χ0n) is 10.2. The molecule has 0 radical (unpaired) electrons. The molecule has 0 amide bonds. The fourth-order valence-electron chi connectivity index (χ4n) is 2.77. The molecule has 0 saturated heterocycles. The van der Waals surface area contributed by atoms with E-state index in [9.17, 15) is 0 Å². The quantitative estimate of drug-likeness (QED) is 0.703. The Labute approximate surface area is 98.3 Å². The molecule has 0 spiro atoms. The van der Waals surface area contributed by atoms with Crippen molar-refractivity contribution in [2.45, 2.75) is 31.7 Å². The van der Waals surface area contributed by atoms with Crippen molar-refractivity contribution in [3.8, 4) is 0 Å². The van der Waals surface area contributed by atoms with Crippen molar-refractivity contribution in [3.05, 3.63) is 41.5 Å². The third-order valence-electron chi connectivity index (χ3n) is 3.38. The van der Waals surface area contributed by atoms with Crippen molar-refractivity contribution < 1.29 is 4.43 Å². The summed E-state index contributed by atoms with van der Waals surface area (Å²) < 4.78 is 6.45. The Kier molecular flexibility index (Phi) is 1.98. The lowest BCUT2D eigenvalue weighted by molar-refractivity contribution is 0.159. The highest BCUT2D eigenvalue weighted by Gasteiger charge is 2.58. The number of fused-ring (bicyclic) bond motifs is 3. The van der Waals surface area contributed by atoms with Gasteiger partial charge in [-0.25, -0.2) is 0 Å². The maximum absolute atomic E-state index is 6.45. The van der Waals surface area contributed by atoms with E-state index >= 15 is 0 Å². The molecule has 2 aliphatic carbocycles. The van der Waals surface area contributed by atoms with Gasteiger partial charge in [0.25, 0.3) is 0 Å². The van der Waals surface area contributed by atoms with E-state index in [-0.39, 0.29) is 5.60 Å². The van der Waals surface area contributed by atoms with Crippen LogP contribution >= 0.6 is 0 Å². The topological polar surface area (TPSA) is 9.23 Å². The molecule has 0 aliphatic heterocycles. The summed E-state index contributed by atoms with van der Waals surface area (Å²) in [6.07, 6.45) is 5.74. The second-order valence-corrected chi connectivity index (χ2v) is 10.3. The zero-order valence-corrected chi connectivity index (χ0v) is 11.2. The van der Waals surface area contributed by atoms with Crippen LogP contribution in [0.2, 0.25) is 19.6 Å². The molecule has 2 atom stereocenters. The monoisotopic (exact) mass is 230 g/mol. The number of benzene rings is 1. The molecule has 2 aliphatic rings. The summed E-state index contributed by atoms with van der Waals surface area (Å²) in [4.78, 5) is 0. The van der Waals surface area contributed by atoms with Crippen LogP contribution in [0.25, 0.3) is 6.08 Å². The fraction of sp³-hybridized carbons (Fsp3) is 0.429. The maximum atomic E-state index is 6.45. The molecule has 3 rings (SSSR count). The SMILES string of the molecule is C[Si](C)(C)OC12CC1C=Cc1ccccc12. The summed E-state index contributed by atoms with van der Waals surface area (Å²) in [5.74, 6) is 0.620. The molecule has 1 nitrogen and oxygen atoms in total. The molecule has 16 heavy (non-hydrogen) atoms. The van der Waals surface area contributed by atoms with Crippen molar-refractivity contribution in [1.82, 2.24) is 0 Å². The summed E-state index contributed by atoms with van der Waals surface area (Å²) in [6.45, 7) is 6.83. The standard InChI is InChI=1S/C14H18OSi/c1-16(2,3)15-14-10-12(14)9-8-11-6-4-5-7-13(11)14/h4-9,12H,10H2,1-3H3. The van der Waals surface area contributed by atoms with Gasteiger partial charge in [0.2, 0.25) is 0 Å². The van der Waals surface area contributed by atoms with Gasteiger partial charge in [0.05, 0.1) is 5.60 Å². The molecule has 84 valence electrons. The largest absolute Gasteiger partial charge is 0.407 e. The Balaban J connectivity index is 2.03. The van der Waals surface area contributed by atoms with Crippen molar-refractivity contribution in [2.75, 3.05) is 0 Å². The first-order chi connectivity index (χ1) is 7.51. The Hall–Kier alpha value is -0.863. The highest BCUT2D eigenvalue weighted by Crippen LogP contribution is 2.60. The Morgan fingerprint density at radius 2 is 2.00 bits per heavy atom. The van der Waals surface area contributed by atoms with Crippen LogP contribution in [-0.2, 0) is 10.0 Å². The molecular weight excluding hydrogens is 212 g/mol. The molecular formula is C14H18OSi. The van der Waals surface area contributed by atoms with Crippen LogP contribution in [0.1, 0.15) is 17.5 Å². The van der Waals surface area contributed by atoms with Gasteiger partial charge in [0.1, 0.15) is 0 Å². The van der Waals surface area contributed by atoms with Crippen LogP contribution in [-0.4, -0.2) is 8.32 Å². The average Bonchev–Trinajstić information content (AvgIpc) is 2.89. The van der Waals surface area contributed by atoms with Crippen LogP contribution in [0.4, 0.5) is 0 Å². The smallest absolute Gasteiger partial charge is 0.185 e. The molecule has 2 heteroatoms. The molecule has 0 bridgehead atoms. The lowest BCUT2D eigenvalue weighted by atomic mass is 9.94. The van der Waals surface area contributed by atoms with E-state index in [0.717, 1.165) is 0 Å². The molecule has 2 unspecified atom stereocenters. The van der Waals surface area contributed by atoms with Crippen molar-refractivity contribution in [3.63, 3.8) is 0 Å². The molecule has 1 fully saturated rings. The third kappa shape index (κ3) is 1.48. The summed E-state index contributed by atoms with van der Waals surface area (Å²) >= 11 is 0. The lowest BCUT2D eigenvalue weighted by Gasteiger charge is -2.30. The van der Waals surface area contributed by atoms with E-state index in [1.54, 1.807) is 0 Å². The van der Waals surface area contributed by atoms with E-state index in [1.165, 1.54) is 17.5 Å². The van der Waals surface area contributed by atoms with E-state index in [0.29, 0.717) is 5.92 Å². The van der Waals surface area contributed by atoms with Gasteiger partial charge in [-0.05, 0) is 37.2 Å². The molecule has 1 aromatic rings. The van der Waals surface area contributed by atoms with Gasteiger partial charge >= 0.3 is 0 Å². The first kappa shape index (κ1) is 10.3. The van der Waals surface area contributed by atoms with Gasteiger partial charge in [-0.1, -0.05) is 36.4 Å². The van der Waals surface area contributed by atoms with Crippen LogP contribution < -0.4 is 0 Å². The predicted molar refractivity (Wildman–Crippen MR) is 69.7 cm³/mol. The molecule has 1 aromatic carbocycles. The third-order valence-corrected chi connectivity index (χ3v) is 4.35. The molecule has 0 heterocycles. The second-order valence-electron chi connectivity index (χ2n) is 5.86. The van der Waals surface area contributed by atoms with E-state index in [4.69, 9.17) is 4.43 Å². The average molecular weight is 230 g/mol. The van der Waals surface area contributed by atoms with E-state index < -0.39 is 8.32 Å². The zero-order chi connectivity index (χ0) is 11.4. The minimum atomic E-state index is -1.48. The van der Waals surface area contributed by atoms with Crippen LogP contribution in [0.3, 0.4) is 0 Å². The highest BCUT2D eigenvalue weighted by molar-refractivity contribution is 6.69. The second kappa shape index (κ2) is 3.08. The minimum Gasteiger partial charge on any atom is -0.407 e. The van der Waals surface area contributed by atoms with Crippen LogP contribution in [0.5, 0.6) is 0 Å². The summed E-state index contributed by atoms with van der Waals surface area (Å²) in [5, 5.41) is 0. The van der Waals surface area contributed by atoms with Gasteiger partial charge in [-0.15, -0.1) is 0 Å². The first-order valence-corrected chi connectivity index (χ1v) is 9.40. The minimum absolute atomic E-state index is 0.0375. The Morgan fingerprint density at radius 3 is 2.75 bits per heavy atom. The van der Waals surface area contributed by atoms with E-state index in [2.05, 4.69) is 56.1 Å².